The van der Waals surface area contributed by atoms with E-state index in [0.717, 1.165) is 12.1 Å². The molecule has 0 heterocycles. The largest absolute Gasteiger partial charge is 0.507 e. The molecule has 0 unspecified atom stereocenters. The van der Waals surface area contributed by atoms with Crippen molar-refractivity contribution in [2.75, 3.05) is 14.2 Å². The zero-order valence-corrected chi connectivity index (χ0v) is 20.4. The van der Waals surface area contributed by atoms with E-state index < -0.39 is 23.1 Å². The van der Waals surface area contributed by atoms with Gasteiger partial charge in [0.25, 0.3) is 0 Å². The second-order valence-electron chi connectivity index (χ2n) is 8.24. The number of methoxy groups -OCH3 is 2. The number of phenolic OH excluding ortho intramolecular Hbond substituents is 2. The van der Waals surface area contributed by atoms with Crippen LogP contribution >= 0.6 is 0 Å². The van der Waals surface area contributed by atoms with Gasteiger partial charge in [0, 0.05) is 33.4 Å². The molecule has 4 aromatic rings. The van der Waals surface area contributed by atoms with Gasteiger partial charge in [-0.1, -0.05) is 12.1 Å². The van der Waals surface area contributed by atoms with Crippen LogP contribution in [0.5, 0.6) is 23.0 Å². The van der Waals surface area contributed by atoms with Gasteiger partial charge in [-0.05, 0) is 72.8 Å². The van der Waals surface area contributed by atoms with E-state index in [1.165, 1.54) is 62.8 Å². The topological polar surface area (TPSA) is 127 Å². The number of ketones is 4. The quantitative estimate of drug-likeness (QED) is 0.240. The molecule has 0 saturated heterocycles. The van der Waals surface area contributed by atoms with Crippen LogP contribution in [0.15, 0.2) is 84.9 Å². The Kier molecular flexibility index (Phi) is 7.34. The van der Waals surface area contributed by atoms with E-state index in [0.29, 0.717) is 11.5 Å². The van der Waals surface area contributed by atoms with Crippen molar-refractivity contribution in [3.63, 3.8) is 0 Å². The van der Waals surface area contributed by atoms with Gasteiger partial charge in [-0.15, -0.1) is 0 Å². The predicted octanol–water partition coefficient (Wildman–Crippen LogP) is 4.91. The number of rotatable bonds is 9. The summed E-state index contributed by atoms with van der Waals surface area (Å²) in [4.78, 5) is 50.5. The van der Waals surface area contributed by atoms with Crippen LogP contribution in [0.1, 0.15) is 41.4 Å². The van der Waals surface area contributed by atoms with Crippen molar-refractivity contribution in [3.05, 3.63) is 107 Å². The molecule has 2 N–H and O–H groups in total. The second kappa shape index (κ2) is 10.8. The van der Waals surface area contributed by atoms with Crippen molar-refractivity contribution in [2.24, 2.45) is 0 Å². The Balaban J connectivity index is 1.55. The molecule has 0 spiro atoms. The van der Waals surface area contributed by atoms with Crippen LogP contribution < -0.4 is 9.47 Å². The lowest BCUT2D eigenvalue weighted by molar-refractivity contribution is 0.0816. The summed E-state index contributed by atoms with van der Waals surface area (Å²) in [6, 6.07) is 19.8. The van der Waals surface area contributed by atoms with Gasteiger partial charge in [0.1, 0.15) is 23.0 Å². The summed E-state index contributed by atoms with van der Waals surface area (Å²) >= 11 is 0. The van der Waals surface area contributed by atoms with Crippen LogP contribution in [0, 0.1) is 0 Å². The van der Waals surface area contributed by atoms with Gasteiger partial charge in [-0.3, -0.25) is 19.2 Å². The average molecular weight is 510 g/mol. The van der Waals surface area contributed by atoms with Crippen LogP contribution in [0.4, 0.5) is 0 Å². The molecule has 0 aliphatic carbocycles. The number of ether oxygens (including phenoxy) is 2. The zero-order valence-electron chi connectivity index (χ0n) is 20.4. The first kappa shape index (κ1) is 25.8. The Hall–Kier alpha value is -5.24. The number of phenols is 2. The standard InChI is InChI=1S/C30H22O8/c1-37-21-9-3-17(4-10-21)27(33)29(35)19-7-13-23(25(31)15-19)24-14-8-20(16-26(24)32)30(36)28(34)18-5-11-22(38-2)12-6-18/h3-16,31-32H,1-2H3. The predicted molar refractivity (Wildman–Crippen MR) is 139 cm³/mol. The van der Waals surface area contributed by atoms with E-state index >= 15 is 0 Å². The first-order valence-electron chi connectivity index (χ1n) is 11.4. The fourth-order valence-corrected chi connectivity index (χ4v) is 3.81. The van der Waals surface area contributed by atoms with E-state index in [1.54, 1.807) is 24.3 Å². The van der Waals surface area contributed by atoms with Gasteiger partial charge in [0.15, 0.2) is 0 Å². The molecule has 38 heavy (non-hydrogen) atoms. The maximum Gasteiger partial charge on any atom is 0.233 e. The number of Topliss-reactive ketones (excluding diaryl/α,β-unsaturated/α-hetero) is 4. The van der Waals surface area contributed by atoms with Crippen LogP contribution in [0.25, 0.3) is 11.1 Å². The minimum absolute atomic E-state index is 0.0385. The summed E-state index contributed by atoms with van der Waals surface area (Å²) in [5.41, 5.74) is 0.586. The third kappa shape index (κ3) is 5.15. The smallest absolute Gasteiger partial charge is 0.233 e. The molecule has 0 bridgehead atoms. The van der Waals surface area contributed by atoms with Gasteiger partial charge in [0.2, 0.25) is 23.1 Å². The monoisotopic (exact) mass is 510 g/mol. The van der Waals surface area contributed by atoms with Crippen molar-refractivity contribution < 1.29 is 38.9 Å². The molecule has 0 amide bonds. The number of benzene rings is 4. The number of hydrogen-bond acceptors (Lipinski definition) is 8. The highest BCUT2D eigenvalue weighted by molar-refractivity contribution is 6.49. The molecule has 0 aliphatic rings. The van der Waals surface area contributed by atoms with E-state index in [9.17, 15) is 29.4 Å². The maximum atomic E-state index is 12.7. The fourth-order valence-electron chi connectivity index (χ4n) is 3.81. The molecule has 4 aromatic carbocycles. The minimum Gasteiger partial charge on any atom is -0.507 e. The zero-order chi connectivity index (χ0) is 27.4. The number of aromatic hydroxyl groups is 2. The van der Waals surface area contributed by atoms with Gasteiger partial charge in [-0.25, -0.2) is 0 Å². The van der Waals surface area contributed by atoms with E-state index in [4.69, 9.17) is 9.47 Å². The number of carbonyl (C=O) groups is 4. The van der Waals surface area contributed by atoms with Crippen molar-refractivity contribution in [1.29, 1.82) is 0 Å². The molecule has 0 aliphatic heterocycles. The van der Waals surface area contributed by atoms with Crippen molar-refractivity contribution in [3.8, 4) is 34.1 Å². The van der Waals surface area contributed by atoms with Crippen LogP contribution in [0.3, 0.4) is 0 Å². The molecular formula is C30H22O8. The van der Waals surface area contributed by atoms with Crippen molar-refractivity contribution in [2.45, 2.75) is 0 Å². The SMILES string of the molecule is COc1ccc(C(=O)C(=O)c2ccc(-c3ccc(C(=O)C(=O)c4ccc(OC)cc4)cc3O)c(O)c2)cc1. The van der Waals surface area contributed by atoms with Crippen LogP contribution in [0.2, 0.25) is 0 Å². The Morgan fingerprint density at radius 2 is 0.763 bits per heavy atom. The minimum atomic E-state index is -0.820. The van der Waals surface area contributed by atoms with E-state index in [2.05, 4.69) is 0 Å². The highest BCUT2D eigenvalue weighted by atomic mass is 16.5. The molecule has 0 atom stereocenters. The lowest BCUT2D eigenvalue weighted by Gasteiger charge is -2.10. The van der Waals surface area contributed by atoms with Crippen LogP contribution in [-0.4, -0.2) is 47.6 Å². The van der Waals surface area contributed by atoms with Crippen molar-refractivity contribution >= 4 is 23.1 Å². The summed E-state index contributed by atoms with van der Waals surface area (Å²) in [6.45, 7) is 0. The van der Waals surface area contributed by atoms with Crippen molar-refractivity contribution in [1.82, 2.24) is 0 Å². The van der Waals surface area contributed by atoms with Gasteiger partial charge in [0.05, 0.1) is 14.2 Å². The highest BCUT2D eigenvalue weighted by Crippen LogP contribution is 2.36. The molecule has 8 heteroatoms. The van der Waals surface area contributed by atoms with E-state index in [1.807, 2.05) is 0 Å². The first-order valence-corrected chi connectivity index (χ1v) is 11.4. The van der Waals surface area contributed by atoms with Crippen LogP contribution in [-0.2, 0) is 0 Å². The summed E-state index contributed by atoms with van der Waals surface area (Å²) in [6.07, 6.45) is 0. The summed E-state index contributed by atoms with van der Waals surface area (Å²) in [7, 11) is 2.97. The average Bonchev–Trinajstić information content (AvgIpc) is 2.95. The number of carbonyl (C=O) groups excluding carboxylic acids is 4. The molecule has 0 saturated carbocycles. The normalized spacial score (nSPS) is 10.5. The number of hydrogen-bond donors (Lipinski definition) is 2. The molecule has 190 valence electrons. The first-order chi connectivity index (χ1) is 18.2. The summed E-state index contributed by atoms with van der Waals surface area (Å²) in [5.74, 6) is -2.80. The fraction of sp³-hybridized carbons (Fsp3) is 0.0667. The molecule has 4 rings (SSSR count). The Morgan fingerprint density at radius 1 is 0.474 bits per heavy atom. The highest BCUT2D eigenvalue weighted by Gasteiger charge is 2.22. The third-order valence-corrected chi connectivity index (χ3v) is 5.93. The third-order valence-electron chi connectivity index (χ3n) is 5.93. The molecule has 8 nitrogen and oxygen atoms in total. The second-order valence-corrected chi connectivity index (χ2v) is 8.24. The molecule has 0 aromatic heterocycles. The molecule has 0 radical (unpaired) electrons. The van der Waals surface area contributed by atoms with Gasteiger partial charge in [-0.2, -0.15) is 0 Å². The Morgan fingerprint density at radius 3 is 1.05 bits per heavy atom. The lowest BCUT2D eigenvalue weighted by atomic mass is 9.95. The Labute approximate surface area is 217 Å². The molecular weight excluding hydrogens is 488 g/mol. The maximum absolute atomic E-state index is 12.7. The summed E-state index contributed by atoms with van der Waals surface area (Å²) < 4.78 is 10.1. The summed E-state index contributed by atoms with van der Waals surface area (Å²) in [5, 5.41) is 21.1. The molecule has 0 fully saturated rings. The van der Waals surface area contributed by atoms with Gasteiger partial charge < -0.3 is 19.7 Å². The Bertz CT molecular complexity index is 1430. The van der Waals surface area contributed by atoms with E-state index in [-0.39, 0.29) is 44.9 Å². The lowest BCUT2D eigenvalue weighted by Crippen LogP contribution is -2.14. The van der Waals surface area contributed by atoms with Gasteiger partial charge >= 0.3 is 0 Å².